The summed E-state index contributed by atoms with van der Waals surface area (Å²) >= 11 is 24.6. The van der Waals surface area contributed by atoms with Gasteiger partial charge in [0.15, 0.2) is 45.0 Å². The fraction of sp³-hybridized carbons (Fsp3) is 0.270. The number of aliphatic hydroxyl groups excluding tert-OH is 3. The minimum Gasteiger partial charge on any atom is -0.497 e. The highest BCUT2D eigenvalue weighted by atomic mass is 35.5. The number of esters is 2. The van der Waals surface area contributed by atoms with Gasteiger partial charge in [-0.2, -0.15) is 0 Å². The Morgan fingerprint density at radius 2 is 0.621 bits per heavy atom. The molecule has 8 aromatic carbocycles. The Hall–Kier alpha value is -12.8. The molecule has 12 aromatic rings. The lowest BCUT2D eigenvalue weighted by Crippen LogP contribution is -2.52. The van der Waals surface area contributed by atoms with Crippen LogP contribution in [-0.4, -0.2) is 170 Å². The maximum atomic E-state index is 13.9. The van der Waals surface area contributed by atoms with E-state index in [-0.39, 0.29) is 61.7 Å². The van der Waals surface area contributed by atoms with Crippen molar-refractivity contribution < 1.29 is 112 Å². The summed E-state index contributed by atoms with van der Waals surface area (Å²) in [7, 11) is 11.9. The Kier molecular flexibility index (Phi) is 24.0. The monoisotopic (exact) mass is 1870 g/mol. The second-order valence-electron chi connectivity index (χ2n) is 33.2. The number of fused-ring (bicyclic) bond motifs is 12. The van der Waals surface area contributed by atoms with Crippen molar-refractivity contribution >= 4 is 76.0 Å². The van der Waals surface area contributed by atoms with Gasteiger partial charge in [0.05, 0.1) is 86.4 Å². The van der Waals surface area contributed by atoms with Gasteiger partial charge in [0.25, 0.3) is 0 Å². The molecule has 8 heterocycles. The molecule has 20 rings (SSSR count). The smallest absolute Gasteiger partial charge is 0.317 e. The zero-order valence-electron chi connectivity index (χ0n) is 71.7. The number of nitrogens with zero attached hydrogens (tertiary/aromatic N) is 5. The number of aromatic nitrogens is 4. The minimum atomic E-state index is -2.26. The average molecular weight is 1870 g/mol. The molecule has 678 valence electrons. The molecule has 0 spiro atoms. The van der Waals surface area contributed by atoms with Crippen LogP contribution < -0.4 is 37.9 Å². The normalized spacial score (nSPS) is 29.1. The Labute approximate surface area is 776 Å². The lowest BCUT2D eigenvalue weighted by molar-refractivity contribution is -0.162. The molecule has 28 nitrogen and oxygen atoms in total. The third-order valence-electron chi connectivity index (χ3n) is 26.8. The molecule has 4 aromatic heterocycles. The lowest BCUT2D eigenvalue weighted by Gasteiger charge is -2.40. The first-order valence-electron chi connectivity index (χ1n) is 41.6. The van der Waals surface area contributed by atoms with Crippen LogP contribution in [0.3, 0.4) is 0 Å². The molecule has 19 atom stereocenters. The number of aliphatic carboxylic acids is 1. The number of carboxylic acids is 1. The number of pyridine rings is 4. The van der Waals surface area contributed by atoms with E-state index in [0.29, 0.717) is 72.0 Å². The van der Waals surface area contributed by atoms with Gasteiger partial charge in [0.1, 0.15) is 93.0 Å². The number of carbonyl (C=O) groups excluding carboxylic acids is 4. The largest absolute Gasteiger partial charge is 0.497 e. The van der Waals surface area contributed by atoms with Gasteiger partial charge in [-0.15, -0.1) is 0 Å². The average Bonchev–Trinajstić information content (AvgIpc) is 1.51. The molecular formula is C100H87Cl4N5O23. The Morgan fingerprint density at radius 3 is 0.924 bits per heavy atom. The van der Waals surface area contributed by atoms with Crippen LogP contribution >= 0.6 is 46.4 Å². The van der Waals surface area contributed by atoms with Gasteiger partial charge in [0, 0.05) is 86.5 Å². The number of hydrogen-bond donors (Lipinski definition) is 8. The second kappa shape index (κ2) is 34.7. The summed E-state index contributed by atoms with van der Waals surface area (Å²) in [6.07, 6.45) is 0.657. The van der Waals surface area contributed by atoms with Crippen molar-refractivity contribution in [3.63, 3.8) is 0 Å². The standard InChI is InChI=1S/C26H25ClN2O5.C25H22ClNO6.C25H20ClNO6.C24H20ClNO6/c1-29(2)24(31)20-21(15-7-5-4-6-8-15)26(16-9-11-18(33-3)12-10-16)25(32,23(20)30)22-19(34-26)13-17(27)14-28-22;2*1-31-17-10-8-15(9-11-17)25-20(14-6-4-3-5-7-14)19(23(29)32-2)22(28)24(25,30)21-18(33-25)12-16(26)13-27-21;1-31-16-9-7-14(8-10-16)24-19(13-5-3-2-4-6-13)18(22(28)29)21(27)23(24,30)20-17(32-24)11-15(25)12-26-20/h4-14,20-21,23,30,32H,1-3H3;3-13,19-20,22,28,30H,1-2H3;3-13,19-20,30H,1-2H3;2-12,18-19,21,27,30H,1H3,(H,28,29)/t20-,21-,23-,25+,26+;19-,20-,22-,24+,25+;19-,20-,24+,25+;18-,19-,21-,23+,24+/m1111/s1. The first kappa shape index (κ1) is 91.1. The van der Waals surface area contributed by atoms with E-state index in [9.17, 15) is 64.8 Å². The number of amides is 1. The van der Waals surface area contributed by atoms with E-state index >= 15 is 0 Å². The zero-order valence-corrected chi connectivity index (χ0v) is 74.7. The van der Waals surface area contributed by atoms with E-state index in [1.807, 2.05) is 72.8 Å². The van der Waals surface area contributed by atoms with Gasteiger partial charge in [0.2, 0.25) is 11.5 Å². The van der Waals surface area contributed by atoms with Crippen LogP contribution in [0.15, 0.2) is 267 Å². The van der Waals surface area contributed by atoms with E-state index in [2.05, 4.69) is 19.9 Å². The number of carbonyl (C=O) groups is 5. The van der Waals surface area contributed by atoms with E-state index in [1.165, 1.54) is 70.3 Å². The van der Waals surface area contributed by atoms with E-state index in [4.69, 9.17) is 93.8 Å². The predicted octanol–water partition coefficient (Wildman–Crippen LogP) is 12.7. The fourth-order valence-electron chi connectivity index (χ4n) is 21.3. The number of halogens is 4. The van der Waals surface area contributed by atoms with Gasteiger partial charge >= 0.3 is 17.9 Å². The van der Waals surface area contributed by atoms with Crippen LogP contribution in [0.25, 0.3) is 0 Å². The number of methoxy groups -OCH3 is 6. The second-order valence-corrected chi connectivity index (χ2v) is 34.9. The van der Waals surface area contributed by atoms with E-state index in [1.54, 1.807) is 186 Å². The first-order valence-corrected chi connectivity index (χ1v) is 43.1. The van der Waals surface area contributed by atoms with Crippen LogP contribution in [-0.2, 0) is 78.3 Å². The summed E-state index contributed by atoms with van der Waals surface area (Å²) in [5, 5.41) is 95.1. The maximum absolute atomic E-state index is 13.9. The Morgan fingerprint density at radius 1 is 0.356 bits per heavy atom. The third kappa shape index (κ3) is 13.4. The van der Waals surface area contributed by atoms with Gasteiger partial charge in [-0.1, -0.05) is 216 Å². The predicted molar refractivity (Wildman–Crippen MR) is 478 cm³/mol. The van der Waals surface area contributed by atoms with Crippen molar-refractivity contribution in [2.45, 2.75) is 86.8 Å². The molecule has 0 saturated heterocycles. The Bertz CT molecular complexity index is 6410. The van der Waals surface area contributed by atoms with Crippen LogP contribution in [0.4, 0.5) is 0 Å². The lowest BCUT2D eigenvalue weighted by atomic mass is 9.71. The molecular weight excluding hydrogens is 1780 g/mol. The Balaban J connectivity index is 0.000000123. The molecule has 0 unspecified atom stereocenters. The van der Waals surface area contributed by atoms with Gasteiger partial charge in [-0.05, 0) is 87.5 Å². The number of carboxylic acid groups (broad SMARTS) is 1. The summed E-state index contributed by atoms with van der Waals surface area (Å²) < 4.78 is 57.2. The van der Waals surface area contributed by atoms with Crippen molar-refractivity contribution in [1.82, 2.24) is 24.8 Å². The molecule has 1 amide bonds. The van der Waals surface area contributed by atoms with Gasteiger partial charge in [-0.3, -0.25) is 43.9 Å². The molecule has 4 fully saturated rings. The van der Waals surface area contributed by atoms with Crippen molar-refractivity contribution in [3.05, 3.63) is 355 Å². The highest BCUT2D eigenvalue weighted by Crippen LogP contribution is 2.73. The van der Waals surface area contributed by atoms with Crippen LogP contribution in [0.2, 0.25) is 20.1 Å². The molecule has 0 radical (unpaired) electrons. The summed E-state index contributed by atoms with van der Waals surface area (Å²) in [4.78, 5) is 84.5. The topological polar surface area (TPSA) is 394 Å². The van der Waals surface area contributed by atoms with Crippen molar-refractivity contribution in [2.75, 3.05) is 56.8 Å². The van der Waals surface area contributed by atoms with Gasteiger partial charge in [-0.25, -0.2) is 0 Å². The number of Topliss-reactive ketones (excluding diaryl/α,β-unsaturated/α-hetero) is 1. The first-order chi connectivity index (χ1) is 63.3. The number of ether oxygens (including phenoxy) is 10. The molecule has 0 bridgehead atoms. The number of hydrogen-bond acceptors (Lipinski definition) is 26. The SMILES string of the molecule is COC(=O)[C@H]1C(=O)[C@@]2(O)c3ncc(Cl)cc3O[C@@]2(c2ccc(OC)cc2)[C@@H]1c1ccccc1.COC(=O)[C@H]1[C@@H](O)[C@@]2(O)c3ncc(Cl)cc3O[C@@]2(c2ccc(OC)cc2)[C@@H]1c1ccccc1.COc1ccc([C@@]23Oc4cc(Cl)cnc4[C@]2(O)[C@H](O)[C@H](C(=O)N(C)C)[C@H]3c2ccccc2)cc1.COc1ccc([C@@]23Oc4cc(Cl)cnc4[C@]2(O)[C@H](O)[C@H](C(=O)O)[C@H]3c2ccccc2)cc1. The summed E-state index contributed by atoms with van der Waals surface area (Å²) in [6, 6.07) is 70.2. The number of rotatable bonds is 16. The minimum absolute atomic E-state index is 0.0139. The maximum Gasteiger partial charge on any atom is 0.317 e. The van der Waals surface area contributed by atoms with Crippen LogP contribution in [0, 0.1) is 23.7 Å². The highest BCUT2D eigenvalue weighted by Gasteiger charge is 2.83. The van der Waals surface area contributed by atoms with Crippen LogP contribution in [0.5, 0.6) is 46.0 Å². The molecule has 4 aliphatic carbocycles. The molecule has 4 saturated carbocycles. The van der Waals surface area contributed by atoms with Crippen molar-refractivity contribution in [3.8, 4) is 46.0 Å². The zero-order chi connectivity index (χ0) is 93.7. The third-order valence-corrected chi connectivity index (χ3v) is 27.6. The molecule has 4 aliphatic heterocycles. The molecule has 132 heavy (non-hydrogen) atoms. The van der Waals surface area contributed by atoms with E-state index in [0.717, 1.165) is 5.56 Å². The number of aliphatic hydroxyl groups is 7. The number of ketones is 1. The van der Waals surface area contributed by atoms with E-state index < -0.39 is 134 Å². The quantitative estimate of drug-likeness (QED) is 0.0329. The summed E-state index contributed by atoms with van der Waals surface area (Å²) in [5.74, 6) is -8.70. The van der Waals surface area contributed by atoms with Crippen molar-refractivity contribution in [1.29, 1.82) is 0 Å². The van der Waals surface area contributed by atoms with Gasteiger partial charge < -0.3 is 93.1 Å². The summed E-state index contributed by atoms with van der Waals surface area (Å²) in [6.45, 7) is 0. The number of benzene rings is 8. The molecule has 8 aliphatic rings. The highest BCUT2D eigenvalue weighted by molar-refractivity contribution is 6.31. The fourth-order valence-corrected chi connectivity index (χ4v) is 21.9. The van der Waals surface area contributed by atoms with Crippen LogP contribution in [0.1, 0.15) is 91.0 Å². The molecule has 32 heteroatoms. The molecule has 8 N–H and O–H groups in total. The van der Waals surface area contributed by atoms with Crippen molar-refractivity contribution in [2.24, 2.45) is 23.7 Å². The summed E-state index contributed by atoms with van der Waals surface area (Å²) in [5.41, 5.74) is -9.97.